The number of nitrogens with one attached hydrogen (secondary N) is 1. The highest BCUT2D eigenvalue weighted by Gasteiger charge is 2.36. The van der Waals surface area contributed by atoms with Gasteiger partial charge in [-0.15, -0.1) is 0 Å². The molecule has 0 aliphatic carbocycles. The highest BCUT2D eigenvalue weighted by atomic mass is 19.1. The van der Waals surface area contributed by atoms with Crippen molar-refractivity contribution >= 4 is 28.4 Å². The number of carbonyl (C=O) groups excluding carboxylic acids is 1. The minimum Gasteiger partial charge on any atom is -0.493 e. The number of amides is 2. The number of anilines is 2. The number of benzene rings is 1. The smallest absolute Gasteiger partial charge is 0.329 e. The predicted molar refractivity (Wildman–Crippen MR) is 124 cm³/mol. The van der Waals surface area contributed by atoms with Crippen LogP contribution in [0, 0.1) is 11.6 Å². The van der Waals surface area contributed by atoms with Gasteiger partial charge < -0.3 is 14.2 Å². The second kappa shape index (κ2) is 9.27. The Morgan fingerprint density at radius 2 is 1.80 bits per heavy atom. The van der Waals surface area contributed by atoms with Crippen molar-refractivity contribution in [2.24, 2.45) is 0 Å². The van der Waals surface area contributed by atoms with Gasteiger partial charge in [-0.3, -0.25) is 19.8 Å². The average molecular weight is 488 g/mol. The van der Waals surface area contributed by atoms with Crippen LogP contribution >= 0.6 is 0 Å². The van der Waals surface area contributed by atoms with Gasteiger partial charge in [0, 0.05) is 50.9 Å². The Morgan fingerprint density at radius 1 is 1.11 bits per heavy atom. The number of urea groups is 1. The van der Waals surface area contributed by atoms with E-state index in [1.54, 1.807) is 13.2 Å². The van der Waals surface area contributed by atoms with Crippen LogP contribution in [-0.4, -0.2) is 80.2 Å². The Hall–Kier alpha value is -3.51. The molecule has 2 amide bonds. The molecule has 10 nitrogen and oxygen atoms in total. The summed E-state index contributed by atoms with van der Waals surface area (Å²) in [5.41, 5.74) is 2.05. The van der Waals surface area contributed by atoms with Crippen LogP contribution in [0.4, 0.5) is 25.0 Å². The minimum absolute atomic E-state index is 0.0836. The van der Waals surface area contributed by atoms with Crippen LogP contribution in [0.2, 0.25) is 0 Å². The van der Waals surface area contributed by atoms with Gasteiger partial charge in [-0.05, 0) is 0 Å². The van der Waals surface area contributed by atoms with Gasteiger partial charge in [-0.2, -0.15) is 5.10 Å². The molecule has 2 aliphatic heterocycles. The largest absolute Gasteiger partial charge is 0.493 e. The second-order valence-electron chi connectivity index (χ2n) is 8.42. The quantitative estimate of drug-likeness (QED) is 0.570. The van der Waals surface area contributed by atoms with Crippen molar-refractivity contribution in [1.29, 1.82) is 0 Å². The van der Waals surface area contributed by atoms with Crippen LogP contribution in [-0.2, 0) is 17.7 Å². The molecule has 12 heteroatoms. The number of aromatic nitrogens is 3. The molecule has 186 valence electrons. The molecular formula is C23H26F2N6O4. The minimum atomic E-state index is -0.987. The molecule has 0 spiro atoms. The van der Waals surface area contributed by atoms with Gasteiger partial charge in [0.1, 0.15) is 5.69 Å². The van der Waals surface area contributed by atoms with Crippen LogP contribution in [0.5, 0.6) is 11.5 Å². The molecule has 0 saturated carbocycles. The molecule has 0 atom stereocenters. The average Bonchev–Trinajstić information content (AvgIpc) is 3.29. The number of ether oxygens (including phenoxy) is 3. The van der Waals surface area contributed by atoms with E-state index in [4.69, 9.17) is 14.2 Å². The van der Waals surface area contributed by atoms with E-state index in [1.807, 2.05) is 0 Å². The van der Waals surface area contributed by atoms with Crippen molar-refractivity contribution in [3.05, 3.63) is 35.2 Å². The summed E-state index contributed by atoms with van der Waals surface area (Å²) in [6, 6.07) is 0.510. The summed E-state index contributed by atoms with van der Waals surface area (Å²) in [6.45, 7) is 3.82. The van der Waals surface area contributed by atoms with Crippen molar-refractivity contribution in [3.63, 3.8) is 0 Å². The third-order valence-corrected chi connectivity index (χ3v) is 6.48. The summed E-state index contributed by atoms with van der Waals surface area (Å²) in [5.74, 6) is -2.43. The molecule has 4 heterocycles. The van der Waals surface area contributed by atoms with Crippen molar-refractivity contribution in [3.8, 4) is 11.5 Å². The molecule has 0 bridgehead atoms. The third kappa shape index (κ3) is 3.92. The molecule has 2 aliphatic rings. The van der Waals surface area contributed by atoms with E-state index in [0.717, 1.165) is 41.7 Å². The second-order valence-corrected chi connectivity index (χ2v) is 8.42. The van der Waals surface area contributed by atoms with Gasteiger partial charge in [0.15, 0.2) is 28.8 Å². The number of pyridine rings is 1. The molecular weight excluding hydrogens is 462 g/mol. The number of halogens is 2. The number of morpholine rings is 1. The molecule has 3 aromatic rings. The molecule has 1 fully saturated rings. The van der Waals surface area contributed by atoms with Crippen molar-refractivity contribution < 1.29 is 27.8 Å². The number of hydrogen-bond acceptors (Lipinski definition) is 7. The molecule has 1 saturated heterocycles. The van der Waals surface area contributed by atoms with Crippen LogP contribution in [0.1, 0.15) is 11.3 Å². The third-order valence-electron chi connectivity index (χ3n) is 6.48. The number of H-pyrrole nitrogens is 1. The number of hydrogen-bond donors (Lipinski definition) is 1. The summed E-state index contributed by atoms with van der Waals surface area (Å²) in [5, 5.41) is 8.12. The first-order valence-corrected chi connectivity index (χ1v) is 11.2. The van der Waals surface area contributed by atoms with E-state index < -0.39 is 23.4 Å². The first kappa shape index (κ1) is 23.2. The zero-order valence-corrected chi connectivity index (χ0v) is 19.7. The molecule has 0 radical (unpaired) electrons. The molecule has 35 heavy (non-hydrogen) atoms. The van der Waals surface area contributed by atoms with Gasteiger partial charge in [0.25, 0.3) is 0 Å². The summed E-state index contributed by atoms with van der Waals surface area (Å²) in [6.07, 6.45) is 2.24. The van der Waals surface area contributed by atoms with Gasteiger partial charge >= 0.3 is 6.03 Å². The lowest BCUT2D eigenvalue weighted by Gasteiger charge is -2.35. The van der Waals surface area contributed by atoms with Crippen LogP contribution in [0.25, 0.3) is 11.0 Å². The number of nitrogens with zero attached hydrogens (tertiary/aromatic N) is 5. The number of aromatic amines is 1. The predicted octanol–water partition coefficient (Wildman–Crippen LogP) is 2.70. The Kier molecular flexibility index (Phi) is 6.15. The topological polar surface area (TPSA) is 96.1 Å². The summed E-state index contributed by atoms with van der Waals surface area (Å²) >= 11 is 0. The van der Waals surface area contributed by atoms with Crippen molar-refractivity contribution in [1.82, 2.24) is 20.1 Å². The van der Waals surface area contributed by atoms with Crippen LogP contribution in [0.3, 0.4) is 0 Å². The lowest BCUT2D eigenvalue weighted by atomic mass is 10.0. The Labute approximate surface area is 200 Å². The highest BCUT2D eigenvalue weighted by molar-refractivity contribution is 6.11. The monoisotopic (exact) mass is 488 g/mol. The molecule has 2 aromatic heterocycles. The van der Waals surface area contributed by atoms with Crippen molar-refractivity contribution in [2.45, 2.75) is 13.0 Å². The fourth-order valence-electron chi connectivity index (χ4n) is 4.64. The lowest BCUT2D eigenvalue weighted by Crippen LogP contribution is -2.46. The fourth-order valence-corrected chi connectivity index (χ4v) is 4.64. The maximum atomic E-state index is 15.2. The highest BCUT2D eigenvalue weighted by Crippen LogP contribution is 2.42. The van der Waals surface area contributed by atoms with Crippen molar-refractivity contribution in [2.75, 3.05) is 63.9 Å². The van der Waals surface area contributed by atoms with E-state index in [-0.39, 0.29) is 18.0 Å². The zero-order valence-electron chi connectivity index (χ0n) is 19.7. The Balaban J connectivity index is 1.54. The Bertz CT molecular complexity index is 1250. The summed E-state index contributed by atoms with van der Waals surface area (Å²) in [7, 11) is 4.09. The number of methoxy groups -OCH3 is 2. The maximum absolute atomic E-state index is 15.2. The van der Waals surface area contributed by atoms with Gasteiger partial charge in [0.05, 0.1) is 50.7 Å². The van der Waals surface area contributed by atoms with Crippen LogP contribution < -0.4 is 19.3 Å². The molecule has 1 aromatic carbocycles. The van der Waals surface area contributed by atoms with E-state index in [2.05, 4.69) is 20.1 Å². The van der Waals surface area contributed by atoms with E-state index in [1.165, 1.54) is 19.1 Å². The number of carbonyl (C=O) groups is 1. The summed E-state index contributed by atoms with van der Waals surface area (Å²) in [4.78, 5) is 22.6. The molecule has 0 unspecified atom stereocenters. The van der Waals surface area contributed by atoms with Gasteiger partial charge in [0.2, 0.25) is 0 Å². The van der Waals surface area contributed by atoms with E-state index in [9.17, 15) is 4.79 Å². The first-order chi connectivity index (χ1) is 16.9. The maximum Gasteiger partial charge on any atom is 0.329 e. The number of rotatable bonds is 6. The number of fused-ring (bicyclic) bond motifs is 3. The fraction of sp³-hybridized carbons (Fsp3) is 0.435. The van der Waals surface area contributed by atoms with Gasteiger partial charge in [-0.25, -0.2) is 18.6 Å². The van der Waals surface area contributed by atoms with E-state index >= 15 is 8.78 Å². The van der Waals surface area contributed by atoms with Crippen LogP contribution in [0.15, 0.2) is 12.3 Å². The Morgan fingerprint density at radius 3 is 2.46 bits per heavy atom. The SMILES string of the molecule is COc1cc(OC)c(F)c(N2Cc3cnc4[nH]nc(CCN5CCOCC5)c4c3N(C)C2=O)c1F. The van der Waals surface area contributed by atoms with E-state index in [0.29, 0.717) is 36.5 Å². The van der Waals surface area contributed by atoms with Gasteiger partial charge in [-0.1, -0.05) is 0 Å². The zero-order chi connectivity index (χ0) is 24.7. The lowest BCUT2D eigenvalue weighted by molar-refractivity contribution is 0.0384. The molecule has 5 rings (SSSR count). The summed E-state index contributed by atoms with van der Waals surface area (Å²) < 4.78 is 45.8. The standard InChI is InChI=1S/C23H26F2N6O4/c1-29-20-13(11-26-22-17(20)14(27-28-22)4-5-30-6-8-35-9-7-30)12-31(23(29)32)21-18(24)15(33-2)10-16(34-3)19(21)25/h10-11H,4-9,12H2,1-3H3,(H,26,27,28). The first-order valence-electron chi connectivity index (χ1n) is 11.2. The molecule has 1 N–H and O–H groups in total. The normalized spacial score (nSPS) is 16.7.